The Morgan fingerprint density at radius 2 is 1.80 bits per heavy atom. The highest BCUT2D eigenvalue weighted by Crippen LogP contribution is 2.26. The van der Waals surface area contributed by atoms with Gasteiger partial charge in [-0.3, -0.25) is 34.2 Å². The third-order valence-corrected chi connectivity index (χ3v) is 7.76. The maximum absolute atomic E-state index is 13.4. The molecule has 0 radical (unpaired) electrons. The van der Waals surface area contributed by atoms with Crippen molar-refractivity contribution in [3.05, 3.63) is 41.9 Å². The molecule has 0 aliphatic carbocycles. The minimum absolute atomic E-state index is 0.297. The zero-order chi connectivity index (χ0) is 34.4. The lowest BCUT2D eigenvalue weighted by Gasteiger charge is -2.35. The van der Waals surface area contributed by atoms with Crippen LogP contribution in [0.4, 0.5) is 0 Å². The molecule has 0 saturated carbocycles. The summed E-state index contributed by atoms with van der Waals surface area (Å²) in [5, 5.41) is 17.4. The van der Waals surface area contributed by atoms with Crippen LogP contribution in [0.3, 0.4) is 0 Å². The molecule has 0 bridgehead atoms. The summed E-state index contributed by atoms with van der Waals surface area (Å²) in [6.07, 6.45) is 6.89. The van der Waals surface area contributed by atoms with Gasteiger partial charge in [-0.15, -0.1) is 0 Å². The van der Waals surface area contributed by atoms with Crippen molar-refractivity contribution in [1.29, 1.82) is 0 Å². The van der Waals surface area contributed by atoms with E-state index in [1.807, 2.05) is 12.1 Å². The fraction of sp³-hybridized carbons (Fsp3) is 0.548. The number of carbonyl (C=O) groups excluding carboxylic acids is 4. The summed E-state index contributed by atoms with van der Waals surface area (Å²) < 4.78 is 3.27. The van der Waals surface area contributed by atoms with Crippen molar-refractivity contribution < 1.29 is 29.0 Å². The number of nitrogens with zero attached hydrogens (tertiary/aromatic N) is 3. The molecule has 12 nitrogen and oxygen atoms in total. The number of alkyl halides is 3. The number of hydrogen-bond acceptors (Lipinski definition) is 9. The molecule has 4 unspecified atom stereocenters. The monoisotopic (exact) mass is 698 g/mol. The van der Waals surface area contributed by atoms with E-state index in [1.165, 1.54) is 11.9 Å². The highest BCUT2D eigenvalue weighted by atomic mass is 35.6. The van der Waals surface area contributed by atoms with E-state index in [0.29, 0.717) is 36.2 Å². The summed E-state index contributed by atoms with van der Waals surface area (Å²) in [5.74, 6) is -2.36. The van der Waals surface area contributed by atoms with E-state index >= 15 is 0 Å². The Bertz CT molecular complexity index is 1460. The van der Waals surface area contributed by atoms with Crippen molar-refractivity contribution in [2.24, 2.45) is 11.3 Å². The molecule has 3 amide bonds. The molecular weight excluding hydrogens is 659 g/mol. The molecule has 4 atom stereocenters. The second kappa shape index (κ2) is 15.7. The SMILES string of the molecule is CC(NC(=O)C(NC(=O)C(C)(C)C=Cc1cc2cc(C(C)O)cnc2cn1)C(C)C)C(=O)N1CCCC(C(=O)OCC(Cl)(Cl)Cl)N1. The molecule has 4 N–H and O–H groups in total. The average Bonchev–Trinajstić information content (AvgIpc) is 2.99. The van der Waals surface area contributed by atoms with Crippen LogP contribution >= 0.6 is 34.8 Å². The number of esters is 1. The number of hydrogen-bond donors (Lipinski definition) is 4. The number of nitrogens with one attached hydrogen (secondary N) is 3. The molecule has 0 spiro atoms. The predicted octanol–water partition coefficient (Wildman–Crippen LogP) is 3.78. The normalized spacial score (nSPS) is 17.9. The van der Waals surface area contributed by atoms with Crippen LogP contribution in [0, 0.1) is 11.3 Å². The molecule has 3 rings (SSSR count). The quantitative estimate of drug-likeness (QED) is 0.202. The number of amides is 3. The van der Waals surface area contributed by atoms with Gasteiger partial charge in [-0.1, -0.05) is 54.7 Å². The van der Waals surface area contributed by atoms with Gasteiger partial charge in [-0.25, -0.2) is 5.43 Å². The van der Waals surface area contributed by atoms with Gasteiger partial charge in [-0.2, -0.15) is 0 Å². The number of hydrazine groups is 1. The largest absolute Gasteiger partial charge is 0.460 e. The van der Waals surface area contributed by atoms with E-state index in [-0.39, 0.29) is 5.92 Å². The number of pyridine rings is 2. The molecule has 46 heavy (non-hydrogen) atoms. The molecule has 2 aromatic rings. The fourth-order valence-electron chi connectivity index (χ4n) is 4.58. The van der Waals surface area contributed by atoms with Gasteiger partial charge in [0, 0.05) is 18.1 Å². The van der Waals surface area contributed by atoms with Gasteiger partial charge in [0.25, 0.3) is 5.91 Å². The first-order valence-electron chi connectivity index (χ1n) is 14.9. The van der Waals surface area contributed by atoms with Crippen LogP contribution in [0.15, 0.2) is 30.6 Å². The van der Waals surface area contributed by atoms with Crippen LogP contribution in [-0.4, -0.2) is 78.8 Å². The number of aromatic nitrogens is 2. The van der Waals surface area contributed by atoms with E-state index < -0.39 is 63.7 Å². The van der Waals surface area contributed by atoms with Crippen LogP contribution in [-0.2, 0) is 23.9 Å². The van der Waals surface area contributed by atoms with Crippen molar-refractivity contribution in [2.75, 3.05) is 13.2 Å². The number of carbonyl (C=O) groups is 4. The minimum Gasteiger partial charge on any atom is -0.460 e. The van der Waals surface area contributed by atoms with Gasteiger partial charge in [0.1, 0.15) is 24.7 Å². The number of aliphatic hydroxyl groups excluding tert-OH is 1. The molecular formula is C31H41Cl3N6O6. The molecule has 1 saturated heterocycles. The van der Waals surface area contributed by atoms with Crippen molar-refractivity contribution >= 4 is 75.5 Å². The first-order valence-corrected chi connectivity index (χ1v) is 16.1. The molecule has 1 aliphatic heterocycles. The highest BCUT2D eigenvalue weighted by Gasteiger charge is 2.35. The first-order chi connectivity index (χ1) is 21.4. The standard InChI is InChI=1S/C31H41Cl3N6O6/c1-17(2)25(26(42)37-18(3)27(43)40-11-7-8-23(39-40)28(44)46-16-31(32,33)34)38-29(45)30(5,6)10-9-22-13-20-12-21(19(4)41)14-36-24(20)15-35-22/h9-10,12-15,17-19,23,25,39,41H,7-8,11,16H2,1-6H3,(H,37,42)(H,38,45). The average molecular weight is 700 g/mol. The summed E-state index contributed by atoms with van der Waals surface area (Å²) in [6, 6.07) is 0.926. The number of ether oxygens (including phenoxy) is 1. The van der Waals surface area contributed by atoms with E-state index in [9.17, 15) is 24.3 Å². The van der Waals surface area contributed by atoms with Gasteiger partial charge in [0.05, 0.1) is 28.9 Å². The Balaban J connectivity index is 1.62. The third kappa shape index (κ3) is 10.5. The predicted molar refractivity (Wildman–Crippen MR) is 176 cm³/mol. The fourth-order valence-corrected chi connectivity index (χ4v) is 4.75. The second-order valence-electron chi connectivity index (χ2n) is 12.3. The van der Waals surface area contributed by atoms with Gasteiger partial charge >= 0.3 is 5.97 Å². The Labute approximate surface area is 283 Å². The summed E-state index contributed by atoms with van der Waals surface area (Å²) >= 11 is 16.9. The maximum Gasteiger partial charge on any atom is 0.325 e. The van der Waals surface area contributed by atoms with Crippen molar-refractivity contribution in [1.82, 2.24) is 31.0 Å². The molecule has 0 aromatic carbocycles. The van der Waals surface area contributed by atoms with Crippen LogP contribution in [0.25, 0.3) is 17.0 Å². The molecule has 1 aliphatic rings. The summed E-state index contributed by atoms with van der Waals surface area (Å²) in [7, 11) is 0. The van der Waals surface area contributed by atoms with Crippen molar-refractivity contribution in [3.63, 3.8) is 0 Å². The highest BCUT2D eigenvalue weighted by molar-refractivity contribution is 6.67. The number of aliphatic hydroxyl groups is 1. The topological polar surface area (TPSA) is 163 Å². The lowest BCUT2D eigenvalue weighted by atomic mass is 9.90. The Morgan fingerprint density at radius 3 is 2.43 bits per heavy atom. The van der Waals surface area contributed by atoms with Crippen molar-refractivity contribution in [2.45, 2.75) is 82.4 Å². The van der Waals surface area contributed by atoms with Crippen LogP contribution in [0.5, 0.6) is 0 Å². The third-order valence-electron chi connectivity index (χ3n) is 7.43. The van der Waals surface area contributed by atoms with E-state index in [2.05, 4.69) is 26.0 Å². The summed E-state index contributed by atoms with van der Waals surface area (Å²) in [5.41, 5.74) is 3.74. The molecule has 2 aromatic heterocycles. The maximum atomic E-state index is 13.4. The summed E-state index contributed by atoms with van der Waals surface area (Å²) in [6.45, 7) is 10.1. The Kier molecular flexibility index (Phi) is 12.8. The van der Waals surface area contributed by atoms with Gasteiger partial charge < -0.3 is 20.5 Å². The van der Waals surface area contributed by atoms with Gasteiger partial charge in [0.15, 0.2) is 0 Å². The molecule has 252 valence electrons. The van der Waals surface area contributed by atoms with Crippen LogP contribution < -0.4 is 16.1 Å². The first kappa shape index (κ1) is 37.4. The van der Waals surface area contributed by atoms with Gasteiger partial charge in [0.2, 0.25) is 15.6 Å². The van der Waals surface area contributed by atoms with Crippen LogP contribution in [0.1, 0.15) is 71.7 Å². The minimum atomic E-state index is -1.76. The van der Waals surface area contributed by atoms with E-state index in [0.717, 1.165) is 5.39 Å². The van der Waals surface area contributed by atoms with Crippen LogP contribution in [0.2, 0.25) is 0 Å². The molecule has 1 fully saturated rings. The van der Waals surface area contributed by atoms with E-state index in [1.54, 1.807) is 59.2 Å². The number of halogens is 3. The Hall–Kier alpha value is -3.03. The second-order valence-corrected chi connectivity index (χ2v) is 14.8. The van der Waals surface area contributed by atoms with Gasteiger partial charge in [-0.05, 0) is 70.2 Å². The molecule has 3 heterocycles. The number of rotatable bonds is 11. The lowest BCUT2D eigenvalue weighted by molar-refractivity contribution is -0.152. The Morgan fingerprint density at radius 1 is 1.11 bits per heavy atom. The number of fused-ring (bicyclic) bond motifs is 1. The zero-order valence-corrected chi connectivity index (χ0v) is 28.9. The molecule has 15 heteroatoms. The summed E-state index contributed by atoms with van der Waals surface area (Å²) in [4.78, 5) is 60.9. The lowest BCUT2D eigenvalue weighted by Crippen LogP contribution is -2.61. The van der Waals surface area contributed by atoms with E-state index in [4.69, 9.17) is 39.5 Å². The van der Waals surface area contributed by atoms with Crippen molar-refractivity contribution in [3.8, 4) is 0 Å². The smallest absolute Gasteiger partial charge is 0.325 e. The zero-order valence-electron chi connectivity index (χ0n) is 26.6.